The molecule has 188 valence electrons. The normalized spacial score (nSPS) is 13.0. The molecule has 0 radical (unpaired) electrons. The molecule has 0 aliphatic carbocycles. The van der Waals surface area contributed by atoms with Gasteiger partial charge < -0.3 is 20.1 Å². The molecule has 0 fully saturated rings. The standard InChI is InChI=1S/C24H23F2N5O5/c1-36-8-7-29-14-30(12-15-3-2-6-27-10-15)31-13-18(21(32)22(33)20(31)24(29)35)23(34)28-11-16-4-5-17(25)9-19(16)26/h2-6,9-10,13,33H,7-8,11-12,14H2,1H3,(H,28,34). The van der Waals surface area contributed by atoms with Gasteiger partial charge >= 0.3 is 0 Å². The first-order valence-electron chi connectivity index (χ1n) is 10.9. The van der Waals surface area contributed by atoms with Crippen molar-refractivity contribution in [1.29, 1.82) is 0 Å². The van der Waals surface area contributed by atoms with E-state index in [0.717, 1.165) is 17.8 Å². The molecule has 1 aromatic carbocycles. The minimum absolute atomic E-state index is 0.00852. The Bertz CT molecular complexity index is 1350. The molecule has 36 heavy (non-hydrogen) atoms. The van der Waals surface area contributed by atoms with Crippen LogP contribution in [0.5, 0.6) is 5.75 Å². The number of methoxy groups -OCH3 is 1. The van der Waals surface area contributed by atoms with Gasteiger partial charge in [0.25, 0.3) is 11.8 Å². The molecule has 0 bridgehead atoms. The van der Waals surface area contributed by atoms with Gasteiger partial charge in [-0.1, -0.05) is 12.1 Å². The van der Waals surface area contributed by atoms with E-state index in [1.807, 2.05) is 6.07 Å². The van der Waals surface area contributed by atoms with Crippen molar-refractivity contribution in [1.82, 2.24) is 19.9 Å². The van der Waals surface area contributed by atoms with Crippen LogP contribution in [0.2, 0.25) is 0 Å². The number of halogens is 2. The number of benzene rings is 1. The van der Waals surface area contributed by atoms with E-state index in [9.17, 15) is 28.3 Å². The number of carbonyl (C=O) groups is 2. The molecule has 1 aliphatic rings. The summed E-state index contributed by atoms with van der Waals surface area (Å²) in [7, 11) is 1.49. The summed E-state index contributed by atoms with van der Waals surface area (Å²) in [5.74, 6) is -4.02. The largest absolute Gasteiger partial charge is 0.502 e. The first-order valence-corrected chi connectivity index (χ1v) is 10.9. The maximum atomic E-state index is 13.9. The molecule has 0 atom stereocenters. The fourth-order valence-corrected chi connectivity index (χ4v) is 3.79. The monoisotopic (exact) mass is 499 g/mol. The van der Waals surface area contributed by atoms with E-state index in [4.69, 9.17) is 4.74 Å². The van der Waals surface area contributed by atoms with Crippen molar-refractivity contribution in [3.05, 3.63) is 93.2 Å². The average Bonchev–Trinajstić information content (AvgIpc) is 2.86. The van der Waals surface area contributed by atoms with Crippen molar-refractivity contribution in [2.45, 2.75) is 13.1 Å². The number of carbonyl (C=O) groups excluding carboxylic acids is 2. The summed E-state index contributed by atoms with van der Waals surface area (Å²) in [6.07, 6.45) is 4.40. The van der Waals surface area contributed by atoms with Crippen LogP contribution < -0.4 is 15.8 Å². The summed E-state index contributed by atoms with van der Waals surface area (Å²) in [6, 6.07) is 6.45. The second kappa shape index (κ2) is 10.5. The lowest BCUT2D eigenvalue weighted by atomic mass is 10.1. The molecular weight excluding hydrogens is 476 g/mol. The van der Waals surface area contributed by atoms with E-state index < -0.39 is 40.2 Å². The fourth-order valence-electron chi connectivity index (χ4n) is 3.79. The Morgan fingerprint density at radius 1 is 1.25 bits per heavy atom. The number of rotatable bonds is 8. The molecule has 3 aromatic rings. The third-order valence-electron chi connectivity index (χ3n) is 5.65. The topological polar surface area (TPSA) is 117 Å². The van der Waals surface area contributed by atoms with Gasteiger partial charge in [-0.05, 0) is 17.7 Å². The zero-order valence-electron chi connectivity index (χ0n) is 19.3. The summed E-state index contributed by atoms with van der Waals surface area (Å²) in [4.78, 5) is 44.3. The Balaban J connectivity index is 1.69. The van der Waals surface area contributed by atoms with Crippen LogP contribution in [0.1, 0.15) is 32.0 Å². The Kier molecular flexibility index (Phi) is 7.25. The lowest BCUT2D eigenvalue weighted by Crippen LogP contribution is -2.54. The molecule has 4 rings (SSSR count). The van der Waals surface area contributed by atoms with Crippen LogP contribution in [0, 0.1) is 11.6 Å². The van der Waals surface area contributed by atoms with E-state index >= 15 is 0 Å². The molecule has 1 aliphatic heterocycles. The van der Waals surface area contributed by atoms with Crippen LogP contribution in [0.3, 0.4) is 0 Å². The van der Waals surface area contributed by atoms with Crippen LogP contribution >= 0.6 is 0 Å². The van der Waals surface area contributed by atoms with Gasteiger partial charge in [-0.2, -0.15) is 0 Å². The van der Waals surface area contributed by atoms with Gasteiger partial charge in [0.05, 0.1) is 13.2 Å². The van der Waals surface area contributed by atoms with Gasteiger partial charge in [-0.3, -0.25) is 29.1 Å². The maximum Gasteiger partial charge on any atom is 0.277 e. The van der Waals surface area contributed by atoms with Gasteiger partial charge in [0.2, 0.25) is 5.43 Å². The number of aromatic nitrogens is 2. The molecule has 12 heteroatoms. The molecule has 0 saturated heterocycles. The van der Waals surface area contributed by atoms with Crippen LogP contribution in [0.15, 0.2) is 53.7 Å². The Labute approximate surface area is 204 Å². The first kappa shape index (κ1) is 24.8. The lowest BCUT2D eigenvalue weighted by molar-refractivity contribution is 0.0619. The molecule has 2 N–H and O–H groups in total. The minimum Gasteiger partial charge on any atom is -0.502 e. The van der Waals surface area contributed by atoms with Gasteiger partial charge in [-0.15, -0.1) is 0 Å². The highest BCUT2D eigenvalue weighted by molar-refractivity contribution is 5.99. The van der Waals surface area contributed by atoms with Crippen LogP contribution in [0.4, 0.5) is 8.78 Å². The van der Waals surface area contributed by atoms with Crippen molar-refractivity contribution >= 4 is 11.8 Å². The number of fused-ring (bicyclic) bond motifs is 1. The number of nitrogens with zero attached hydrogens (tertiary/aromatic N) is 4. The average molecular weight is 499 g/mol. The summed E-state index contributed by atoms with van der Waals surface area (Å²) >= 11 is 0. The first-order chi connectivity index (χ1) is 17.3. The van der Waals surface area contributed by atoms with E-state index in [1.165, 1.54) is 22.8 Å². The highest BCUT2D eigenvalue weighted by Gasteiger charge is 2.34. The van der Waals surface area contributed by atoms with Crippen LogP contribution in [-0.4, -0.2) is 58.4 Å². The SMILES string of the molecule is COCCN1CN(Cc2cccnc2)n2cc(C(=O)NCc3ccc(F)cc3F)c(=O)c(O)c2C1=O. The number of nitrogens with one attached hydrogen (secondary N) is 1. The van der Waals surface area contributed by atoms with Gasteiger partial charge in [0.1, 0.15) is 23.9 Å². The van der Waals surface area contributed by atoms with Gasteiger partial charge in [0.15, 0.2) is 11.4 Å². The maximum absolute atomic E-state index is 13.9. The summed E-state index contributed by atoms with van der Waals surface area (Å²) in [5, 5.41) is 14.7. The minimum atomic E-state index is -1.05. The molecule has 3 heterocycles. The molecular formula is C24H23F2N5O5. The highest BCUT2D eigenvalue weighted by atomic mass is 19.1. The second-order valence-corrected chi connectivity index (χ2v) is 8.06. The fraction of sp³-hybridized carbons (Fsp3) is 0.250. The van der Waals surface area contributed by atoms with Crippen molar-refractivity contribution < 1.29 is 28.2 Å². The highest BCUT2D eigenvalue weighted by Crippen LogP contribution is 2.22. The number of pyridine rings is 2. The Hall–Kier alpha value is -4.32. The summed E-state index contributed by atoms with van der Waals surface area (Å²) in [6.45, 7) is 0.432. The lowest BCUT2D eigenvalue weighted by Gasteiger charge is -2.39. The van der Waals surface area contributed by atoms with E-state index in [1.54, 1.807) is 23.5 Å². The van der Waals surface area contributed by atoms with Crippen molar-refractivity contribution in [2.24, 2.45) is 0 Å². The van der Waals surface area contributed by atoms with Crippen molar-refractivity contribution in [3.63, 3.8) is 0 Å². The number of ether oxygens (including phenoxy) is 1. The molecule has 10 nitrogen and oxygen atoms in total. The molecule has 0 spiro atoms. The predicted molar refractivity (Wildman–Crippen MR) is 124 cm³/mol. The quantitative estimate of drug-likeness (QED) is 0.481. The third-order valence-corrected chi connectivity index (χ3v) is 5.65. The van der Waals surface area contributed by atoms with E-state index in [-0.39, 0.29) is 44.2 Å². The number of hydrogen-bond acceptors (Lipinski definition) is 7. The zero-order chi connectivity index (χ0) is 25.8. The smallest absolute Gasteiger partial charge is 0.277 e. The number of hydrogen-bond donors (Lipinski definition) is 2. The second-order valence-electron chi connectivity index (χ2n) is 8.06. The van der Waals surface area contributed by atoms with Crippen molar-refractivity contribution in [2.75, 3.05) is 31.9 Å². The van der Waals surface area contributed by atoms with Crippen LogP contribution in [-0.2, 0) is 17.8 Å². The van der Waals surface area contributed by atoms with E-state index in [2.05, 4.69) is 10.3 Å². The zero-order valence-corrected chi connectivity index (χ0v) is 19.3. The van der Waals surface area contributed by atoms with Crippen LogP contribution in [0.25, 0.3) is 0 Å². The molecule has 0 saturated carbocycles. The van der Waals surface area contributed by atoms with Gasteiger partial charge in [0, 0.05) is 50.4 Å². The number of amides is 2. The molecule has 0 unspecified atom stereocenters. The Morgan fingerprint density at radius 2 is 2.06 bits per heavy atom. The predicted octanol–water partition coefficient (Wildman–Crippen LogP) is 1.35. The molecule has 2 amide bonds. The third kappa shape index (κ3) is 5.03. The summed E-state index contributed by atoms with van der Waals surface area (Å²) < 4.78 is 33.4. The molecule has 2 aromatic heterocycles. The summed E-state index contributed by atoms with van der Waals surface area (Å²) in [5.41, 5.74) is -1.02. The number of aromatic hydroxyl groups is 1. The van der Waals surface area contributed by atoms with E-state index in [0.29, 0.717) is 6.07 Å². The Morgan fingerprint density at radius 3 is 2.75 bits per heavy atom. The van der Waals surface area contributed by atoms with Gasteiger partial charge in [-0.25, -0.2) is 8.78 Å². The van der Waals surface area contributed by atoms with Crippen molar-refractivity contribution in [3.8, 4) is 5.75 Å².